The van der Waals surface area contributed by atoms with Crippen LogP contribution in [0.2, 0.25) is 0 Å². The average molecular weight is 277 g/mol. The Kier molecular flexibility index (Phi) is 5.38. The molecule has 2 rings (SSSR count). The van der Waals surface area contributed by atoms with Crippen molar-refractivity contribution in [1.29, 1.82) is 0 Å². The largest absolute Gasteiger partial charge is 0.376 e. The molecule has 1 heterocycles. The maximum Gasteiger partial charge on any atom is 0.321 e. The Balaban J connectivity index is 1.83. The van der Waals surface area contributed by atoms with Crippen molar-refractivity contribution in [2.24, 2.45) is 5.73 Å². The molecule has 5 nitrogen and oxygen atoms in total. The van der Waals surface area contributed by atoms with E-state index >= 15 is 0 Å². The lowest BCUT2D eigenvalue weighted by atomic mass is 10.1. The maximum atomic E-state index is 12.1. The fourth-order valence-corrected chi connectivity index (χ4v) is 2.28. The van der Waals surface area contributed by atoms with Crippen molar-refractivity contribution in [3.8, 4) is 0 Å². The number of hydrogen-bond donors (Lipinski definition) is 2. The minimum Gasteiger partial charge on any atom is -0.376 e. The highest BCUT2D eigenvalue weighted by Crippen LogP contribution is 2.14. The Labute approximate surface area is 120 Å². The molecule has 1 atom stereocenters. The Morgan fingerprint density at radius 3 is 2.75 bits per heavy atom. The van der Waals surface area contributed by atoms with Gasteiger partial charge in [0, 0.05) is 32.4 Å². The van der Waals surface area contributed by atoms with Gasteiger partial charge in [0.05, 0.1) is 6.10 Å². The molecule has 110 valence electrons. The van der Waals surface area contributed by atoms with Crippen LogP contribution < -0.4 is 11.1 Å². The summed E-state index contributed by atoms with van der Waals surface area (Å²) in [7, 11) is 1.79. The third-order valence-electron chi connectivity index (χ3n) is 3.54. The van der Waals surface area contributed by atoms with Crippen molar-refractivity contribution in [2.45, 2.75) is 31.9 Å². The summed E-state index contributed by atoms with van der Waals surface area (Å²) < 4.78 is 5.64. The van der Waals surface area contributed by atoms with Gasteiger partial charge in [-0.3, -0.25) is 0 Å². The highest BCUT2D eigenvalue weighted by molar-refractivity contribution is 5.89. The predicted octanol–water partition coefficient (Wildman–Crippen LogP) is 2.18. The molecule has 0 aliphatic carbocycles. The fraction of sp³-hybridized carbons (Fsp3) is 0.533. The first-order valence-corrected chi connectivity index (χ1v) is 7.12. The van der Waals surface area contributed by atoms with Crippen LogP contribution in [0.5, 0.6) is 0 Å². The standard InChI is InChI=1S/C15H23N3O2/c1-18(11-14-4-2-3-9-20-14)15(19)17-13-7-5-12(10-16)6-8-13/h5-8,14H,2-4,9-11,16H2,1H3,(H,17,19). The molecule has 1 unspecified atom stereocenters. The number of likely N-dealkylation sites (N-methyl/N-ethyl adjacent to an activating group) is 1. The first kappa shape index (κ1) is 14.8. The molecule has 1 aliphatic rings. The van der Waals surface area contributed by atoms with Crippen LogP contribution in [0.4, 0.5) is 10.5 Å². The first-order valence-electron chi connectivity index (χ1n) is 7.12. The molecule has 2 amide bonds. The summed E-state index contributed by atoms with van der Waals surface area (Å²) >= 11 is 0. The highest BCUT2D eigenvalue weighted by atomic mass is 16.5. The van der Waals surface area contributed by atoms with Crippen LogP contribution in [-0.2, 0) is 11.3 Å². The van der Waals surface area contributed by atoms with Gasteiger partial charge in [-0.05, 0) is 37.0 Å². The van der Waals surface area contributed by atoms with Gasteiger partial charge in [0.1, 0.15) is 0 Å². The van der Waals surface area contributed by atoms with E-state index in [-0.39, 0.29) is 12.1 Å². The predicted molar refractivity (Wildman–Crippen MR) is 79.6 cm³/mol. The number of benzene rings is 1. The minimum atomic E-state index is -0.111. The van der Waals surface area contributed by atoms with E-state index in [1.807, 2.05) is 24.3 Å². The van der Waals surface area contributed by atoms with Crippen LogP contribution >= 0.6 is 0 Å². The lowest BCUT2D eigenvalue weighted by Crippen LogP contribution is -2.39. The third kappa shape index (κ3) is 4.21. The number of hydrogen-bond acceptors (Lipinski definition) is 3. The van der Waals surface area contributed by atoms with Crippen LogP contribution in [0.1, 0.15) is 24.8 Å². The molecule has 0 saturated carbocycles. The number of rotatable bonds is 4. The number of nitrogens with zero attached hydrogens (tertiary/aromatic N) is 1. The van der Waals surface area contributed by atoms with Crippen LogP contribution in [0.15, 0.2) is 24.3 Å². The minimum absolute atomic E-state index is 0.111. The van der Waals surface area contributed by atoms with E-state index in [2.05, 4.69) is 5.32 Å². The number of nitrogens with one attached hydrogen (secondary N) is 1. The van der Waals surface area contributed by atoms with Crippen molar-refractivity contribution < 1.29 is 9.53 Å². The van der Waals surface area contributed by atoms with E-state index in [0.29, 0.717) is 13.1 Å². The molecule has 1 aliphatic heterocycles. The highest BCUT2D eigenvalue weighted by Gasteiger charge is 2.18. The van der Waals surface area contributed by atoms with Crippen molar-refractivity contribution >= 4 is 11.7 Å². The number of urea groups is 1. The van der Waals surface area contributed by atoms with E-state index in [4.69, 9.17) is 10.5 Å². The molecule has 1 aromatic carbocycles. The molecular formula is C15H23N3O2. The van der Waals surface area contributed by atoms with Gasteiger partial charge in [-0.2, -0.15) is 0 Å². The average Bonchev–Trinajstić information content (AvgIpc) is 2.49. The molecule has 1 saturated heterocycles. The molecule has 20 heavy (non-hydrogen) atoms. The van der Waals surface area contributed by atoms with Crippen LogP contribution in [0.3, 0.4) is 0 Å². The Bertz CT molecular complexity index is 427. The molecule has 5 heteroatoms. The number of nitrogens with two attached hydrogens (primary N) is 1. The van der Waals surface area contributed by atoms with Gasteiger partial charge in [0.25, 0.3) is 0 Å². The zero-order chi connectivity index (χ0) is 14.4. The van der Waals surface area contributed by atoms with E-state index in [1.165, 1.54) is 6.42 Å². The third-order valence-corrected chi connectivity index (χ3v) is 3.54. The number of amides is 2. The van der Waals surface area contributed by atoms with Crippen molar-refractivity contribution in [2.75, 3.05) is 25.5 Å². The van der Waals surface area contributed by atoms with E-state index < -0.39 is 0 Å². The summed E-state index contributed by atoms with van der Waals surface area (Å²) in [5, 5.41) is 2.87. The van der Waals surface area contributed by atoms with E-state index in [0.717, 1.165) is 30.7 Å². The zero-order valence-corrected chi connectivity index (χ0v) is 12.0. The topological polar surface area (TPSA) is 67.6 Å². The van der Waals surface area contributed by atoms with Crippen LogP contribution in [-0.4, -0.2) is 37.2 Å². The van der Waals surface area contributed by atoms with Gasteiger partial charge < -0.3 is 20.7 Å². The molecule has 3 N–H and O–H groups in total. The molecule has 0 aromatic heterocycles. The number of carbonyl (C=O) groups excluding carboxylic acids is 1. The number of anilines is 1. The number of carbonyl (C=O) groups is 1. The van der Waals surface area contributed by atoms with E-state index in [1.54, 1.807) is 11.9 Å². The van der Waals surface area contributed by atoms with Gasteiger partial charge in [0.2, 0.25) is 0 Å². The Morgan fingerprint density at radius 2 is 2.15 bits per heavy atom. The molecule has 1 aromatic rings. The molecule has 0 bridgehead atoms. The zero-order valence-electron chi connectivity index (χ0n) is 12.0. The van der Waals surface area contributed by atoms with Gasteiger partial charge in [-0.1, -0.05) is 12.1 Å². The second kappa shape index (κ2) is 7.26. The number of ether oxygens (including phenoxy) is 1. The molecular weight excluding hydrogens is 254 g/mol. The van der Waals surface area contributed by atoms with Crippen LogP contribution in [0.25, 0.3) is 0 Å². The van der Waals surface area contributed by atoms with Crippen molar-refractivity contribution in [1.82, 2.24) is 4.90 Å². The Morgan fingerprint density at radius 1 is 1.40 bits per heavy atom. The van der Waals surface area contributed by atoms with Crippen molar-refractivity contribution in [3.05, 3.63) is 29.8 Å². The van der Waals surface area contributed by atoms with Gasteiger partial charge in [-0.15, -0.1) is 0 Å². The smallest absolute Gasteiger partial charge is 0.321 e. The molecule has 0 radical (unpaired) electrons. The molecule has 1 fully saturated rings. The van der Waals surface area contributed by atoms with E-state index in [9.17, 15) is 4.79 Å². The monoisotopic (exact) mass is 277 g/mol. The van der Waals surface area contributed by atoms with Gasteiger partial charge in [0.15, 0.2) is 0 Å². The lowest BCUT2D eigenvalue weighted by molar-refractivity contribution is 0.00463. The maximum absolute atomic E-state index is 12.1. The summed E-state index contributed by atoms with van der Waals surface area (Å²) in [6.45, 7) is 1.94. The fourth-order valence-electron chi connectivity index (χ4n) is 2.28. The SMILES string of the molecule is CN(CC1CCCCO1)C(=O)Nc1ccc(CN)cc1. The second-order valence-corrected chi connectivity index (χ2v) is 5.20. The Hall–Kier alpha value is -1.59. The van der Waals surface area contributed by atoms with Crippen molar-refractivity contribution in [3.63, 3.8) is 0 Å². The van der Waals surface area contributed by atoms with Crippen LogP contribution in [0, 0.1) is 0 Å². The summed E-state index contributed by atoms with van der Waals surface area (Å²) in [6, 6.07) is 7.45. The summed E-state index contributed by atoms with van der Waals surface area (Å²) in [4.78, 5) is 13.7. The second-order valence-electron chi connectivity index (χ2n) is 5.20. The van der Waals surface area contributed by atoms with Gasteiger partial charge >= 0.3 is 6.03 Å². The molecule has 0 spiro atoms. The first-order chi connectivity index (χ1) is 9.69. The lowest BCUT2D eigenvalue weighted by Gasteiger charge is -2.27. The van der Waals surface area contributed by atoms with Gasteiger partial charge in [-0.25, -0.2) is 4.79 Å². The quantitative estimate of drug-likeness (QED) is 0.886. The normalized spacial score (nSPS) is 18.6. The summed E-state index contributed by atoms with van der Waals surface area (Å²) in [5.74, 6) is 0. The summed E-state index contributed by atoms with van der Waals surface area (Å²) in [6.07, 6.45) is 3.50. The summed E-state index contributed by atoms with van der Waals surface area (Å²) in [5.41, 5.74) is 7.37.